The van der Waals surface area contributed by atoms with Crippen molar-refractivity contribution in [3.63, 3.8) is 0 Å². The summed E-state index contributed by atoms with van der Waals surface area (Å²) >= 11 is 0. The van der Waals surface area contributed by atoms with E-state index in [-0.39, 0.29) is 12.2 Å². The van der Waals surface area contributed by atoms with E-state index in [0.717, 1.165) is 22.4 Å². The van der Waals surface area contributed by atoms with Crippen LogP contribution in [0.25, 0.3) is 11.6 Å². The molecule has 0 bridgehead atoms. The van der Waals surface area contributed by atoms with Crippen molar-refractivity contribution in [2.24, 2.45) is 0 Å². The van der Waals surface area contributed by atoms with Crippen LogP contribution >= 0.6 is 0 Å². The minimum Gasteiger partial charge on any atom is -0.497 e. The van der Waals surface area contributed by atoms with Gasteiger partial charge < -0.3 is 19.3 Å². The van der Waals surface area contributed by atoms with Gasteiger partial charge in [-0.2, -0.15) is 5.26 Å². The van der Waals surface area contributed by atoms with Gasteiger partial charge in [0.1, 0.15) is 12.4 Å². The molecule has 0 radical (unpaired) electrons. The summed E-state index contributed by atoms with van der Waals surface area (Å²) in [6.45, 7) is 0.265. The number of carboxylic acid groups (broad SMARTS) is 1. The molecule has 0 aliphatic heterocycles. The van der Waals surface area contributed by atoms with Crippen molar-refractivity contribution in [3.05, 3.63) is 89.0 Å². The van der Waals surface area contributed by atoms with Crippen molar-refractivity contribution in [3.8, 4) is 23.3 Å². The number of benzene rings is 3. The summed E-state index contributed by atoms with van der Waals surface area (Å²) < 4.78 is 16.4. The second-order valence-electron chi connectivity index (χ2n) is 6.60. The number of carbonyl (C=O) groups is 1. The Morgan fingerprint density at radius 3 is 2.19 bits per heavy atom. The Kier molecular flexibility index (Phi) is 6.92. The molecule has 0 heterocycles. The van der Waals surface area contributed by atoms with Crippen molar-refractivity contribution in [2.75, 3.05) is 14.2 Å². The number of hydrogen-bond donors (Lipinski definition) is 1. The van der Waals surface area contributed by atoms with Gasteiger partial charge in [0.2, 0.25) is 0 Å². The molecule has 0 spiro atoms. The average molecular weight is 415 g/mol. The predicted octanol–water partition coefficient (Wildman–Crippen LogP) is 5.05. The molecule has 1 N–H and O–H groups in total. The van der Waals surface area contributed by atoms with Crippen LogP contribution in [-0.4, -0.2) is 25.3 Å². The van der Waals surface area contributed by atoms with Crippen LogP contribution in [0.2, 0.25) is 0 Å². The summed E-state index contributed by atoms with van der Waals surface area (Å²) in [5.74, 6) is 0.832. The molecule has 3 aromatic carbocycles. The van der Waals surface area contributed by atoms with Gasteiger partial charge in [0.25, 0.3) is 0 Å². The zero-order valence-corrected chi connectivity index (χ0v) is 17.2. The van der Waals surface area contributed by atoms with Crippen LogP contribution in [0.15, 0.2) is 66.7 Å². The number of nitriles is 1. The molecule has 31 heavy (non-hydrogen) atoms. The number of hydrogen-bond acceptors (Lipinski definition) is 5. The molecule has 0 aliphatic carbocycles. The van der Waals surface area contributed by atoms with Gasteiger partial charge in [-0.3, -0.25) is 0 Å². The van der Waals surface area contributed by atoms with E-state index in [1.807, 2.05) is 18.2 Å². The van der Waals surface area contributed by atoms with Gasteiger partial charge in [0.05, 0.1) is 31.4 Å². The maximum absolute atomic E-state index is 10.9. The molecule has 0 saturated heterocycles. The van der Waals surface area contributed by atoms with Crippen LogP contribution in [0.3, 0.4) is 0 Å². The first-order valence-corrected chi connectivity index (χ1v) is 9.43. The molecule has 3 aromatic rings. The minimum atomic E-state index is -0.968. The highest BCUT2D eigenvalue weighted by molar-refractivity contribution is 5.90. The molecule has 3 rings (SSSR count). The summed E-state index contributed by atoms with van der Waals surface area (Å²) in [4.78, 5) is 10.9. The van der Waals surface area contributed by atoms with E-state index in [1.54, 1.807) is 56.7 Å². The first-order chi connectivity index (χ1) is 15.0. The number of nitrogens with zero attached hydrogens (tertiary/aromatic N) is 1. The Morgan fingerprint density at radius 1 is 0.935 bits per heavy atom. The largest absolute Gasteiger partial charge is 0.497 e. The number of ether oxygens (including phenoxy) is 3. The average Bonchev–Trinajstić information content (AvgIpc) is 2.81. The molecule has 0 saturated carbocycles. The maximum Gasteiger partial charge on any atom is 0.335 e. The van der Waals surface area contributed by atoms with E-state index in [9.17, 15) is 10.1 Å². The molecule has 0 unspecified atom stereocenters. The highest BCUT2D eigenvalue weighted by atomic mass is 16.5. The van der Waals surface area contributed by atoms with E-state index in [0.29, 0.717) is 17.1 Å². The van der Waals surface area contributed by atoms with Gasteiger partial charge in [0, 0.05) is 0 Å². The first-order valence-electron chi connectivity index (χ1n) is 9.43. The fraction of sp³-hybridized carbons (Fsp3) is 0.120. The lowest BCUT2D eigenvalue weighted by molar-refractivity contribution is 0.0697. The Hall–Kier alpha value is -4.24. The highest BCUT2D eigenvalue weighted by Gasteiger charge is 2.08. The molecule has 0 aromatic heterocycles. The van der Waals surface area contributed by atoms with Crippen LogP contribution in [0.1, 0.15) is 27.0 Å². The first kappa shape index (κ1) is 21.5. The molecule has 6 heteroatoms. The summed E-state index contributed by atoms with van der Waals surface area (Å²) in [6, 6.07) is 21.4. The summed E-state index contributed by atoms with van der Waals surface area (Å²) in [5, 5.41) is 18.5. The SMILES string of the molecule is COc1ccc(/C(C#N)=C/c2ccc(OCc3ccc(C(=O)O)cc3)c(OC)c2)cc1. The molecule has 6 nitrogen and oxygen atoms in total. The molecule has 0 amide bonds. The fourth-order valence-corrected chi connectivity index (χ4v) is 2.92. The second kappa shape index (κ2) is 9.99. The molecule has 0 fully saturated rings. The highest BCUT2D eigenvalue weighted by Crippen LogP contribution is 2.30. The third-order valence-corrected chi connectivity index (χ3v) is 4.62. The molecular formula is C25H21NO5. The smallest absolute Gasteiger partial charge is 0.335 e. The van der Waals surface area contributed by atoms with E-state index in [4.69, 9.17) is 19.3 Å². The van der Waals surface area contributed by atoms with Crippen molar-refractivity contribution in [1.29, 1.82) is 5.26 Å². The van der Waals surface area contributed by atoms with E-state index in [1.165, 1.54) is 12.1 Å². The topological polar surface area (TPSA) is 88.8 Å². The minimum absolute atomic E-state index is 0.225. The van der Waals surface area contributed by atoms with Crippen molar-refractivity contribution >= 4 is 17.6 Å². The Morgan fingerprint density at radius 2 is 1.61 bits per heavy atom. The van der Waals surface area contributed by atoms with Crippen molar-refractivity contribution in [2.45, 2.75) is 6.61 Å². The summed E-state index contributed by atoms with van der Waals surface area (Å²) in [7, 11) is 3.14. The lowest BCUT2D eigenvalue weighted by Gasteiger charge is -2.12. The maximum atomic E-state index is 10.9. The third-order valence-electron chi connectivity index (χ3n) is 4.62. The van der Waals surface area contributed by atoms with E-state index < -0.39 is 5.97 Å². The van der Waals surface area contributed by atoms with Gasteiger partial charge in [0.15, 0.2) is 11.5 Å². The number of carboxylic acids is 1. The zero-order valence-electron chi connectivity index (χ0n) is 17.2. The summed E-state index contributed by atoms with van der Waals surface area (Å²) in [5.41, 5.74) is 3.15. The van der Waals surface area contributed by atoms with Crippen LogP contribution in [-0.2, 0) is 6.61 Å². The van der Waals surface area contributed by atoms with Gasteiger partial charge >= 0.3 is 5.97 Å². The molecule has 0 aliphatic rings. The predicted molar refractivity (Wildman–Crippen MR) is 117 cm³/mol. The van der Waals surface area contributed by atoms with Crippen LogP contribution in [0, 0.1) is 11.3 Å². The Labute approximate surface area is 180 Å². The van der Waals surface area contributed by atoms with Crippen LogP contribution in [0.4, 0.5) is 0 Å². The van der Waals surface area contributed by atoms with Crippen molar-refractivity contribution in [1.82, 2.24) is 0 Å². The second-order valence-corrected chi connectivity index (χ2v) is 6.60. The third kappa shape index (κ3) is 5.43. The Bertz CT molecular complexity index is 1130. The number of methoxy groups -OCH3 is 2. The number of rotatable bonds is 8. The molecule has 0 atom stereocenters. The van der Waals surface area contributed by atoms with Crippen LogP contribution < -0.4 is 14.2 Å². The standard InChI is InChI=1S/C25H21NO5/c1-29-22-10-8-19(9-11-22)21(15-26)13-18-5-12-23(24(14-18)30-2)31-16-17-3-6-20(7-4-17)25(27)28/h3-14H,16H2,1-2H3,(H,27,28)/b21-13+. The van der Waals surface area contributed by atoms with Gasteiger partial charge in [-0.25, -0.2) is 4.79 Å². The van der Waals surface area contributed by atoms with Crippen LogP contribution in [0.5, 0.6) is 17.2 Å². The van der Waals surface area contributed by atoms with E-state index >= 15 is 0 Å². The summed E-state index contributed by atoms with van der Waals surface area (Å²) in [6.07, 6.45) is 1.78. The Balaban J connectivity index is 1.77. The zero-order chi connectivity index (χ0) is 22.2. The number of allylic oxidation sites excluding steroid dienone is 1. The van der Waals surface area contributed by atoms with E-state index in [2.05, 4.69) is 6.07 Å². The normalized spacial score (nSPS) is 10.8. The quantitative estimate of drug-likeness (QED) is 0.409. The number of aromatic carboxylic acids is 1. The van der Waals surface area contributed by atoms with Gasteiger partial charge in [-0.05, 0) is 71.3 Å². The molecular weight excluding hydrogens is 394 g/mol. The van der Waals surface area contributed by atoms with Gasteiger partial charge in [-0.1, -0.05) is 18.2 Å². The molecule has 156 valence electrons. The lowest BCUT2D eigenvalue weighted by Crippen LogP contribution is -2.00. The lowest BCUT2D eigenvalue weighted by atomic mass is 10.0. The van der Waals surface area contributed by atoms with Gasteiger partial charge in [-0.15, -0.1) is 0 Å². The van der Waals surface area contributed by atoms with Crippen molar-refractivity contribution < 1.29 is 24.1 Å². The fourth-order valence-electron chi connectivity index (χ4n) is 2.92. The monoisotopic (exact) mass is 415 g/mol.